The summed E-state index contributed by atoms with van der Waals surface area (Å²) in [6, 6.07) is 5.55. The molecule has 1 aromatic carbocycles. The molecule has 0 aliphatic rings. The highest BCUT2D eigenvalue weighted by Crippen LogP contribution is 2.35. The monoisotopic (exact) mass is 280 g/mol. The Morgan fingerprint density at radius 3 is 2.63 bits per heavy atom. The van der Waals surface area contributed by atoms with Crippen LogP contribution >= 0.6 is 11.6 Å². The normalized spacial score (nSPS) is 10.3. The van der Waals surface area contributed by atoms with Crippen LogP contribution in [0.2, 0.25) is 5.15 Å². The van der Waals surface area contributed by atoms with Gasteiger partial charge in [-0.1, -0.05) is 11.6 Å². The molecule has 0 radical (unpaired) electrons. The van der Waals surface area contributed by atoms with Gasteiger partial charge in [-0.05, 0) is 24.3 Å². The van der Waals surface area contributed by atoms with E-state index in [1.54, 1.807) is 6.07 Å². The summed E-state index contributed by atoms with van der Waals surface area (Å²) >= 11 is 5.68. The summed E-state index contributed by atoms with van der Waals surface area (Å²) in [6.07, 6.45) is 1.40. The smallest absolute Gasteiger partial charge is 0.252 e. The summed E-state index contributed by atoms with van der Waals surface area (Å²) in [6.45, 7) is 0. The molecule has 2 N–H and O–H groups in total. The third-order valence-corrected chi connectivity index (χ3v) is 2.82. The van der Waals surface area contributed by atoms with Crippen molar-refractivity contribution in [2.45, 2.75) is 0 Å². The van der Waals surface area contributed by atoms with Gasteiger partial charge < -0.3 is 10.5 Å². The molecule has 1 heterocycles. The Morgan fingerprint density at radius 1 is 1.37 bits per heavy atom. The van der Waals surface area contributed by atoms with Crippen molar-refractivity contribution in [3.63, 3.8) is 0 Å². The van der Waals surface area contributed by atoms with Crippen LogP contribution in [-0.4, -0.2) is 18.0 Å². The molecule has 0 aliphatic carbocycles. The van der Waals surface area contributed by atoms with E-state index in [0.29, 0.717) is 5.56 Å². The van der Waals surface area contributed by atoms with E-state index in [0.717, 1.165) is 6.07 Å². The molecular weight excluding hydrogens is 271 g/mol. The van der Waals surface area contributed by atoms with Crippen LogP contribution < -0.4 is 10.5 Å². The van der Waals surface area contributed by atoms with Crippen LogP contribution in [0.4, 0.5) is 4.39 Å². The summed E-state index contributed by atoms with van der Waals surface area (Å²) in [5.41, 5.74) is 5.91. The van der Waals surface area contributed by atoms with Crippen molar-refractivity contribution < 1.29 is 13.9 Å². The predicted molar refractivity (Wildman–Crippen MR) is 69.7 cm³/mol. The molecule has 0 fully saturated rings. The Morgan fingerprint density at radius 2 is 2.11 bits per heavy atom. The number of benzene rings is 1. The Hall–Kier alpha value is -2.14. The fraction of sp³-hybridized carbons (Fsp3) is 0.0769. The van der Waals surface area contributed by atoms with Crippen LogP contribution in [0.25, 0.3) is 11.1 Å². The number of halogens is 2. The first-order chi connectivity index (χ1) is 9.04. The number of rotatable bonds is 3. The molecule has 0 bridgehead atoms. The van der Waals surface area contributed by atoms with Crippen LogP contribution in [0.5, 0.6) is 5.75 Å². The number of nitrogens with zero attached hydrogens (tertiary/aromatic N) is 1. The Kier molecular flexibility index (Phi) is 3.66. The first-order valence-electron chi connectivity index (χ1n) is 5.32. The second kappa shape index (κ2) is 5.24. The maximum absolute atomic E-state index is 14.0. The molecule has 0 saturated heterocycles. The van der Waals surface area contributed by atoms with Crippen LogP contribution in [0, 0.1) is 5.82 Å². The third kappa shape index (κ3) is 2.51. The lowest BCUT2D eigenvalue weighted by Crippen LogP contribution is -2.13. The Labute approximate surface area is 114 Å². The highest BCUT2D eigenvalue weighted by Gasteiger charge is 2.19. The lowest BCUT2D eigenvalue weighted by molar-refractivity contribution is 0.0997. The summed E-state index contributed by atoms with van der Waals surface area (Å²) in [5.74, 6) is -1.15. The lowest BCUT2D eigenvalue weighted by Gasteiger charge is -2.12. The number of methoxy groups -OCH3 is 1. The maximum atomic E-state index is 14.0. The van der Waals surface area contributed by atoms with Crippen LogP contribution in [0.3, 0.4) is 0 Å². The van der Waals surface area contributed by atoms with Gasteiger partial charge in [-0.2, -0.15) is 0 Å². The average molecular weight is 281 g/mol. The van der Waals surface area contributed by atoms with Gasteiger partial charge in [-0.25, -0.2) is 9.37 Å². The Bertz CT molecular complexity index is 629. The number of hydrogen-bond acceptors (Lipinski definition) is 3. The first kappa shape index (κ1) is 13.3. The van der Waals surface area contributed by atoms with E-state index in [9.17, 15) is 9.18 Å². The van der Waals surface area contributed by atoms with Gasteiger partial charge in [0.2, 0.25) is 0 Å². The minimum atomic E-state index is -0.694. The van der Waals surface area contributed by atoms with Gasteiger partial charge in [0.1, 0.15) is 16.7 Å². The minimum Gasteiger partial charge on any atom is -0.495 e. The van der Waals surface area contributed by atoms with Gasteiger partial charge in [0.15, 0.2) is 0 Å². The molecule has 4 nitrogen and oxygen atoms in total. The van der Waals surface area contributed by atoms with Crippen LogP contribution in [0.1, 0.15) is 10.4 Å². The largest absolute Gasteiger partial charge is 0.495 e. The van der Waals surface area contributed by atoms with Crippen molar-refractivity contribution in [1.29, 1.82) is 0 Å². The number of carbonyl (C=O) groups excluding carboxylic acids is 1. The molecule has 2 aromatic rings. The molecule has 0 spiro atoms. The topological polar surface area (TPSA) is 65.2 Å². The third-order valence-electron chi connectivity index (χ3n) is 2.59. The quantitative estimate of drug-likeness (QED) is 0.879. The van der Waals surface area contributed by atoms with E-state index in [4.69, 9.17) is 22.1 Å². The van der Waals surface area contributed by atoms with Gasteiger partial charge in [0.25, 0.3) is 5.91 Å². The number of nitrogens with two attached hydrogens (primary N) is 1. The number of ether oxygens (including phenoxy) is 1. The molecule has 0 unspecified atom stereocenters. The molecule has 0 atom stereocenters. The van der Waals surface area contributed by atoms with E-state index in [2.05, 4.69) is 4.98 Å². The van der Waals surface area contributed by atoms with Crippen molar-refractivity contribution in [3.05, 3.63) is 47.0 Å². The zero-order chi connectivity index (χ0) is 14.0. The second-order valence-electron chi connectivity index (χ2n) is 3.74. The highest BCUT2D eigenvalue weighted by atomic mass is 35.5. The van der Waals surface area contributed by atoms with Gasteiger partial charge in [0, 0.05) is 11.8 Å². The molecule has 0 saturated carbocycles. The summed E-state index contributed by atoms with van der Waals surface area (Å²) < 4.78 is 19.1. The van der Waals surface area contributed by atoms with Gasteiger partial charge >= 0.3 is 0 Å². The van der Waals surface area contributed by atoms with Crippen molar-refractivity contribution in [2.24, 2.45) is 5.73 Å². The fourth-order valence-electron chi connectivity index (χ4n) is 1.76. The van der Waals surface area contributed by atoms with Crippen molar-refractivity contribution in [3.8, 4) is 16.9 Å². The van der Waals surface area contributed by atoms with E-state index in [1.165, 1.54) is 25.4 Å². The molecule has 1 amide bonds. The summed E-state index contributed by atoms with van der Waals surface area (Å²) in [5, 5.41) is 0.286. The molecular formula is C13H10ClFN2O2. The summed E-state index contributed by atoms with van der Waals surface area (Å²) in [7, 11) is 1.34. The predicted octanol–water partition coefficient (Wildman–Crippen LogP) is 2.65. The van der Waals surface area contributed by atoms with Gasteiger partial charge in [0.05, 0.1) is 18.2 Å². The molecule has 6 heteroatoms. The van der Waals surface area contributed by atoms with Crippen LogP contribution in [0.15, 0.2) is 30.5 Å². The average Bonchev–Trinajstić information content (AvgIpc) is 2.39. The highest BCUT2D eigenvalue weighted by molar-refractivity contribution is 6.29. The van der Waals surface area contributed by atoms with Crippen LogP contribution in [-0.2, 0) is 0 Å². The van der Waals surface area contributed by atoms with E-state index >= 15 is 0 Å². The maximum Gasteiger partial charge on any atom is 0.252 e. The number of primary amides is 1. The number of pyridine rings is 1. The molecule has 0 aliphatic heterocycles. The molecule has 1 aromatic heterocycles. The van der Waals surface area contributed by atoms with E-state index in [-0.39, 0.29) is 22.0 Å². The van der Waals surface area contributed by atoms with Crippen molar-refractivity contribution in [1.82, 2.24) is 4.98 Å². The number of amides is 1. The first-order valence-corrected chi connectivity index (χ1v) is 5.70. The van der Waals surface area contributed by atoms with E-state index in [1.807, 2.05) is 0 Å². The van der Waals surface area contributed by atoms with E-state index < -0.39 is 11.7 Å². The number of hydrogen-bond donors (Lipinski definition) is 1. The molecule has 2 rings (SSSR count). The fourth-order valence-corrected chi connectivity index (χ4v) is 1.87. The van der Waals surface area contributed by atoms with Gasteiger partial charge in [-0.15, -0.1) is 0 Å². The SMILES string of the molecule is COc1c(C(N)=O)ccc(F)c1-c1ccc(Cl)nc1. The lowest BCUT2D eigenvalue weighted by atomic mass is 10.0. The second-order valence-corrected chi connectivity index (χ2v) is 4.12. The number of carbonyl (C=O) groups is 1. The zero-order valence-corrected chi connectivity index (χ0v) is 10.7. The molecule has 98 valence electrons. The Balaban J connectivity index is 2.70. The van der Waals surface area contributed by atoms with Crippen molar-refractivity contribution >= 4 is 17.5 Å². The molecule has 19 heavy (non-hydrogen) atoms. The summed E-state index contributed by atoms with van der Waals surface area (Å²) in [4.78, 5) is 15.2. The van der Waals surface area contributed by atoms with Gasteiger partial charge in [-0.3, -0.25) is 4.79 Å². The minimum absolute atomic E-state index is 0.0802. The number of aromatic nitrogens is 1. The standard InChI is InChI=1S/C13H10ClFN2O2/c1-19-12-8(13(16)18)3-4-9(15)11(12)7-2-5-10(14)17-6-7/h2-6H,1H3,(H2,16,18). The zero-order valence-electron chi connectivity index (χ0n) is 9.98. The van der Waals surface area contributed by atoms with Crippen molar-refractivity contribution in [2.75, 3.05) is 7.11 Å².